The van der Waals surface area contributed by atoms with Crippen LogP contribution in [-0.4, -0.2) is 28.6 Å². The molecule has 1 N–H and O–H groups in total. The van der Waals surface area contributed by atoms with Crippen molar-refractivity contribution in [1.29, 1.82) is 0 Å². The molecule has 0 radical (unpaired) electrons. The van der Waals surface area contributed by atoms with Crippen molar-refractivity contribution in [3.63, 3.8) is 0 Å². The first kappa shape index (κ1) is 17.7. The third kappa shape index (κ3) is 3.86. The van der Waals surface area contributed by atoms with Gasteiger partial charge in [0.2, 0.25) is 0 Å². The van der Waals surface area contributed by atoms with Crippen molar-refractivity contribution < 1.29 is 13.9 Å². The van der Waals surface area contributed by atoms with Crippen LogP contribution in [0.25, 0.3) is 16.7 Å². The number of aromatic nitrogens is 2. The third-order valence-electron chi connectivity index (χ3n) is 4.31. The molecule has 1 aromatic heterocycles. The molecule has 0 unspecified atom stereocenters. The Morgan fingerprint density at radius 2 is 1.82 bits per heavy atom. The molecule has 0 atom stereocenters. The number of fused-ring (bicyclic) bond motifs is 1. The maximum Gasteiger partial charge on any atom is 0.251 e. The van der Waals surface area contributed by atoms with Crippen LogP contribution in [0, 0.1) is 5.82 Å². The zero-order valence-corrected chi connectivity index (χ0v) is 15.0. The second kappa shape index (κ2) is 7.92. The highest BCUT2D eigenvalue weighted by molar-refractivity contribution is 5.97. The molecule has 0 aliphatic heterocycles. The standard InChI is InChI=1S/C22H18FN3O2/c23-17-7-9-19(10-8-17)28-13-12-24-22(27)16-6-11-21-20(14-16)25-15-26(21)18-4-2-1-3-5-18/h1-11,14-15H,12-13H2,(H,24,27). The topological polar surface area (TPSA) is 56.1 Å². The normalized spacial score (nSPS) is 10.8. The van der Waals surface area contributed by atoms with Gasteiger partial charge in [0, 0.05) is 11.3 Å². The van der Waals surface area contributed by atoms with Crippen LogP contribution in [0.1, 0.15) is 10.4 Å². The van der Waals surface area contributed by atoms with E-state index in [4.69, 9.17) is 4.74 Å². The molecule has 140 valence electrons. The van der Waals surface area contributed by atoms with Gasteiger partial charge >= 0.3 is 0 Å². The van der Waals surface area contributed by atoms with Gasteiger partial charge in [0.1, 0.15) is 24.5 Å². The van der Waals surface area contributed by atoms with Crippen molar-refractivity contribution in [2.75, 3.05) is 13.2 Å². The summed E-state index contributed by atoms with van der Waals surface area (Å²) in [5.74, 6) is 0.0492. The average molecular weight is 375 g/mol. The number of carbonyl (C=O) groups is 1. The summed E-state index contributed by atoms with van der Waals surface area (Å²) in [4.78, 5) is 16.8. The summed E-state index contributed by atoms with van der Waals surface area (Å²) in [7, 11) is 0. The van der Waals surface area contributed by atoms with Crippen molar-refractivity contribution in [3.8, 4) is 11.4 Å². The molecule has 0 spiro atoms. The second-order valence-electron chi connectivity index (χ2n) is 6.21. The van der Waals surface area contributed by atoms with Crippen LogP contribution in [0.3, 0.4) is 0 Å². The smallest absolute Gasteiger partial charge is 0.251 e. The van der Waals surface area contributed by atoms with E-state index in [1.807, 2.05) is 41.0 Å². The van der Waals surface area contributed by atoms with Crippen molar-refractivity contribution in [3.05, 3.63) is 90.5 Å². The molecule has 0 aliphatic carbocycles. The highest BCUT2D eigenvalue weighted by atomic mass is 19.1. The number of amides is 1. The molecule has 0 fully saturated rings. The van der Waals surface area contributed by atoms with E-state index in [-0.39, 0.29) is 11.7 Å². The monoisotopic (exact) mass is 375 g/mol. The molecular weight excluding hydrogens is 357 g/mol. The lowest BCUT2D eigenvalue weighted by Gasteiger charge is -2.08. The average Bonchev–Trinajstić information content (AvgIpc) is 3.16. The number of carbonyl (C=O) groups excluding carboxylic acids is 1. The summed E-state index contributed by atoms with van der Waals surface area (Å²) in [5, 5.41) is 2.81. The number of nitrogens with zero attached hydrogens (tertiary/aromatic N) is 2. The Kier molecular flexibility index (Phi) is 5.01. The van der Waals surface area contributed by atoms with Crippen LogP contribution in [-0.2, 0) is 0 Å². The summed E-state index contributed by atoms with van der Waals surface area (Å²) in [6.07, 6.45) is 1.75. The fraction of sp³-hybridized carbons (Fsp3) is 0.0909. The lowest BCUT2D eigenvalue weighted by Crippen LogP contribution is -2.28. The first-order chi connectivity index (χ1) is 13.7. The summed E-state index contributed by atoms with van der Waals surface area (Å²) in [6, 6.07) is 21.1. The number of para-hydroxylation sites is 1. The van der Waals surface area contributed by atoms with Gasteiger partial charge in [0.25, 0.3) is 5.91 Å². The molecule has 5 nitrogen and oxygen atoms in total. The number of hydrogen-bond donors (Lipinski definition) is 1. The van der Waals surface area contributed by atoms with Crippen molar-refractivity contribution in [1.82, 2.24) is 14.9 Å². The molecule has 3 aromatic carbocycles. The summed E-state index contributed by atoms with van der Waals surface area (Å²) in [5.41, 5.74) is 3.23. The van der Waals surface area contributed by atoms with Gasteiger partial charge < -0.3 is 10.1 Å². The Bertz CT molecular complexity index is 1090. The molecule has 0 aliphatic rings. The van der Waals surface area contributed by atoms with E-state index in [0.29, 0.717) is 24.5 Å². The van der Waals surface area contributed by atoms with Crippen LogP contribution in [0.15, 0.2) is 79.1 Å². The molecule has 28 heavy (non-hydrogen) atoms. The van der Waals surface area contributed by atoms with Gasteiger partial charge in [-0.25, -0.2) is 9.37 Å². The number of halogens is 1. The van der Waals surface area contributed by atoms with Crippen molar-refractivity contribution in [2.45, 2.75) is 0 Å². The number of ether oxygens (including phenoxy) is 1. The van der Waals surface area contributed by atoms with Crippen LogP contribution in [0.5, 0.6) is 5.75 Å². The van der Waals surface area contributed by atoms with E-state index in [1.54, 1.807) is 30.6 Å². The maximum absolute atomic E-state index is 12.9. The van der Waals surface area contributed by atoms with Crippen LogP contribution in [0.2, 0.25) is 0 Å². The van der Waals surface area contributed by atoms with Crippen LogP contribution in [0.4, 0.5) is 4.39 Å². The van der Waals surface area contributed by atoms with Crippen LogP contribution < -0.4 is 10.1 Å². The minimum absolute atomic E-state index is 0.195. The summed E-state index contributed by atoms with van der Waals surface area (Å²) in [6.45, 7) is 0.634. The van der Waals surface area contributed by atoms with Crippen LogP contribution >= 0.6 is 0 Å². The Balaban J connectivity index is 1.38. The van der Waals surface area contributed by atoms with E-state index < -0.39 is 0 Å². The van der Waals surface area contributed by atoms with Gasteiger partial charge in [-0.05, 0) is 54.6 Å². The number of rotatable bonds is 6. The summed E-state index contributed by atoms with van der Waals surface area (Å²) < 4.78 is 20.3. The van der Waals surface area contributed by atoms with Gasteiger partial charge in [-0.3, -0.25) is 9.36 Å². The predicted octanol–water partition coefficient (Wildman–Crippen LogP) is 3.97. The first-order valence-electron chi connectivity index (χ1n) is 8.90. The molecule has 1 heterocycles. The molecule has 0 bridgehead atoms. The van der Waals surface area contributed by atoms with Crippen molar-refractivity contribution in [2.24, 2.45) is 0 Å². The lowest BCUT2D eigenvalue weighted by molar-refractivity contribution is 0.0947. The zero-order chi connectivity index (χ0) is 19.3. The molecule has 0 saturated heterocycles. The van der Waals surface area contributed by atoms with E-state index in [2.05, 4.69) is 10.3 Å². The quantitative estimate of drug-likeness (QED) is 0.519. The Morgan fingerprint density at radius 3 is 2.61 bits per heavy atom. The fourth-order valence-electron chi connectivity index (χ4n) is 2.91. The Labute approximate surface area is 161 Å². The zero-order valence-electron chi connectivity index (χ0n) is 15.0. The Hall–Kier alpha value is -3.67. The second-order valence-corrected chi connectivity index (χ2v) is 6.21. The minimum Gasteiger partial charge on any atom is -0.492 e. The van der Waals surface area contributed by atoms with E-state index >= 15 is 0 Å². The largest absolute Gasteiger partial charge is 0.492 e. The maximum atomic E-state index is 12.9. The lowest BCUT2D eigenvalue weighted by atomic mass is 10.2. The van der Waals surface area contributed by atoms with E-state index in [0.717, 1.165) is 16.7 Å². The molecule has 4 rings (SSSR count). The van der Waals surface area contributed by atoms with Gasteiger partial charge in [-0.1, -0.05) is 18.2 Å². The highest BCUT2D eigenvalue weighted by Gasteiger charge is 2.10. The highest BCUT2D eigenvalue weighted by Crippen LogP contribution is 2.19. The first-order valence-corrected chi connectivity index (χ1v) is 8.90. The van der Waals surface area contributed by atoms with Gasteiger partial charge in [0.05, 0.1) is 17.6 Å². The number of hydrogen-bond acceptors (Lipinski definition) is 3. The number of imidazole rings is 1. The van der Waals surface area contributed by atoms with Crippen molar-refractivity contribution >= 4 is 16.9 Å². The van der Waals surface area contributed by atoms with E-state index in [1.165, 1.54) is 12.1 Å². The Morgan fingerprint density at radius 1 is 1.04 bits per heavy atom. The molecular formula is C22H18FN3O2. The minimum atomic E-state index is -0.314. The van der Waals surface area contributed by atoms with Gasteiger partial charge in [-0.2, -0.15) is 0 Å². The number of benzene rings is 3. The molecule has 6 heteroatoms. The van der Waals surface area contributed by atoms with E-state index in [9.17, 15) is 9.18 Å². The van der Waals surface area contributed by atoms with Gasteiger partial charge in [0.15, 0.2) is 0 Å². The fourth-order valence-corrected chi connectivity index (χ4v) is 2.91. The molecule has 1 amide bonds. The molecule has 4 aromatic rings. The van der Waals surface area contributed by atoms with Gasteiger partial charge in [-0.15, -0.1) is 0 Å². The SMILES string of the molecule is O=C(NCCOc1ccc(F)cc1)c1ccc2c(c1)ncn2-c1ccccc1. The predicted molar refractivity (Wildman–Crippen MR) is 105 cm³/mol. The number of nitrogens with one attached hydrogen (secondary N) is 1. The summed E-state index contributed by atoms with van der Waals surface area (Å²) >= 11 is 0. The third-order valence-corrected chi connectivity index (χ3v) is 4.31. The molecule has 0 saturated carbocycles.